The fourth-order valence-electron chi connectivity index (χ4n) is 5.40. The van der Waals surface area contributed by atoms with E-state index in [9.17, 15) is 23.7 Å². The van der Waals surface area contributed by atoms with Crippen LogP contribution in [0.1, 0.15) is 42.7 Å². The van der Waals surface area contributed by atoms with Crippen molar-refractivity contribution in [2.24, 2.45) is 11.8 Å². The van der Waals surface area contributed by atoms with Gasteiger partial charge in [-0.1, -0.05) is 43.1 Å². The van der Waals surface area contributed by atoms with Crippen LogP contribution >= 0.6 is 23.2 Å². The number of piperidine rings is 1. The van der Waals surface area contributed by atoms with Crippen LogP contribution < -0.4 is 15.2 Å². The van der Waals surface area contributed by atoms with E-state index in [0.717, 1.165) is 10.8 Å². The number of benzene rings is 1. The molecule has 0 aliphatic carbocycles. The van der Waals surface area contributed by atoms with E-state index in [1.807, 2.05) is 0 Å². The van der Waals surface area contributed by atoms with Gasteiger partial charge in [-0.2, -0.15) is 0 Å². The van der Waals surface area contributed by atoms with Crippen LogP contribution in [0.5, 0.6) is 5.75 Å². The van der Waals surface area contributed by atoms with Gasteiger partial charge in [0, 0.05) is 38.1 Å². The Hall–Kier alpha value is -3.09. The first-order chi connectivity index (χ1) is 19.0. The lowest BCUT2D eigenvalue weighted by Crippen LogP contribution is -2.44. The molecule has 2 saturated heterocycles. The number of imidazole rings is 1. The van der Waals surface area contributed by atoms with Gasteiger partial charge in [-0.15, -0.1) is 0 Å². The number of hydrogen-bond acceptors (Lipinski definition) is 6. The third kappa shape index (κ3) is 5.57. The molecule has 11 nitrogen and oxygen atoms in total. The molecule has 3 atom stereocenters. The van der Waals surface area contributed by atoms with Gasteiger partial charge in [0.2, 0.25) is 17.4 Å². The predicted octanol–water partition coefficient (Wildman–Crippen LogP) is 2.82. The average molecular weight is 610 g/mol. The van der Waals surface area contributed by atoms with Crippen molar-refractivity contribution in [3.8, 4) is 5.75 Å². The Balaban J connectivity index is 1.51. The average Bonchev–Trinajstić information content (AvgIpc) is 3.49. The van der Waals surface area contributed by atoms with E-state index in [0.29, 0.717) is 59.3 Å². The molecule has 0 bridgehead atoms. The predicted molar refractivity (Wildman–Crippen MR) is 153 cm³/mol. The van der Waals surface area contributed by atoms with Gasteiger partial charge < -0.3 is 19.9 Å². The number of aromatic nitrogens is 3. The molecule has 3 unspecified atom stereocenters. The van der Waals surface area contributed by atoms with Crippen LogP contribution in [0.15, 0.2) is 29.2 Å². The molecule has 5 rings (SSSR count). The molecule has 2 fully saturated rings. The highest BCUT2D eigenvalue weighted by molar-refractivity contribution is 7.86. The van der Waals surface area contributed by atoms with Crippen molar-refractivity contribution in [2.75, 3.05) is 29.7 Å². The van der Waals surface area contributed by atoms with Crippen molar-refractivity contribution < 1.29 is 18.9 Å². The number of nitrogens with zero attached hydrogens (tertiary/aromatic N) is 5. The van der Waals surface area contributed by atoms with Crippen molar-refractivity contribution in [1.29, 1.82) is 0 Å². The fraction of sp³-hybridized carbons (Fsp3) is 0.462. The van der Waals surface area contributed by atoms with Crippen molar-refractivity contribution >= 4 is 57.6 Å². The molecule has 2 N–H and O–H groups in total. The largest absolute Gasteiger partial charge is 0.501 e. The van der Waals surface area contributed by atoms with Gasteiger partial charge in [0.15, 0.2) is 5.69 Å². The fourth-order valence-corrected chi connectivity index (χ4v) is 6.98. The van der Waals surface area contributed by atoms with E-state index in [1.165, 1.54) is 4.57 Å². The summed E-state index contributed by atoms with van der Waals surface area (Å²) in [5.74, 6) is -0.399. The molecule has 2 aliphatic heterocycles. The Kier molecular flexibility index (Phi) is 8.12. The molecular formula is C26H30Cl2N6O5S. The highest BCUT2D eigenvalue weighted by Crippen LogP contribution is 2.27. The summed E-state index contributed by atoms with van der Waals surface area (Å²) in [6, 6.07) is 4.87. The molecule has 3 aromatic rings. The molecule has 0 radical (unpaired) electrons. The zero-order valence-electron chi connectivity index (χ0n) is 22.1. The number of amides is 2. The number of carbonyl (C=O) groups is 2. The summed E-state index contributed by atoms with van der Waals surface area (Å²) >= 11 is 12.0. The second kappa shape index (κ2) is 11.4. The van der Waals surface area contributed by atoms with Crippen LogP contribution in [0.25, 0.3) is 5.78 Å². The van der Waals surface area contributed by atoms with Crippen LogP contribution in [0.2, 0.25) is 10.0 Å². The van der Waals surface area contributed by atoms with E-state index in [1.54, 1.807) is 33.6 Å². The Morgan fingerprint density at radius 1 is 1.18 bits per heavy atom. The minimum atomic E-state index is -1.38. The summed E-state index contributed by atoms with van der Waals surface area (Å²) in [5.41, 5.74) is -0.723. The Morgan fingerprint density at radius 2 is 1.90 bits per heavy atom. The van der Waals surface area contributed by atoms with Crippen LogP contribution in [-0.4, -0.2) is 65.4 Å². The van der Waals surface area contributed by atoms with Gasteiger partial charge >= 0.3 is 5.56 Å². The van der Waals surface area contributed by atoms with Gasteiger partial charge in [0.05, 0.1) is 10.0 Å². The maximum absolute atomic E-state index is 13.4. The summed E-state index contributed by atoms with van der Waals surface area (Å²) in [4.78, 5) is 46.0. The Bertz CT molecular complexity index is 1560. The van der Waals surface area contributed by atoms with Crippen LogP contribution in [0, 0.1) is 11.8 Å². The van der Waals surface area contributed by atoms with Crippen LogP contribution in [0.4, 0.5) is 5.82 Å². The zero-order chi connectivity index (χ0) is 28.7. The first-order valence-corrected chi connectivity index (χ1v) is 15.1. The molecule has 2 aromatic heterocycles. The minimum absolute atomic E-state index is 0.00663. The standard InChI is InChI=1S/C26H30Cl2N6O5S/c1-15-8-16(2)12-31(11-15)21(35)14-32-13-20(33-6-3-7-40(33)39)34-25(38)23(36)22(30-26(32)34)24(37)29-10-17-4-5-18(27)19(28)9-17/h4-5,9,13,15-16,36H,3,6-8,10-12,14H2,1-2H3,(H,29,37). The number of rotatable bonds is 6. The van der Waals surface area contributed by atoms with Gasteiger partial charge in [-0.25, -0.2) is 13.6 Å². The van der Waals surface area contributed by atoms with E-state index in [2.05, 4.69) is 24.1 Å². The van der Waals surface area contributed by atoms with Crippen molar-refractivity contribution in [2.45, 2.75) is 39.8 Å². The number of fused-ring (bicyclic) bond motifs is 1. The second-order valence-electron chi connectivity index (χ2n) is 10.5. The number of aromatic hydroxyl groups is 1. The first kappa shape index (κ1) is 28.4. The molecule has 1 aromatic carbocycles. The van der Waals surface area contributed by atoms with Gasteiger partial charge in [0.1, 0.15) is 23.3 Å². The van der Waals surface area contributed by atoms with Crippen LogP contribution in [0.3, 0.4) is 0 Å². The molecule has 2 aliphatic rings. The molecule has 0 spiro atoms. The number of carbonyl (C=O) groups excluding carboxylic acids is 2. The normalized spacial score (nSPS) is 21.2. The molecule has 0 saturated carbocycles. The molecule has 2 amide bonds. The summed E-state index contributed by atoms with van der Waals surface area (Å²) in [6.07, 6.45) is 3.24. The van der Waals surface area contributed by atoms with E-state index in [4.69, 9.17) is 23.2 Å². The van der Waals surface area contributed by atoms with Gasteiger partial charge in [-0.3, -0.25) is 18.7 Å². The lowest BCUT2D eigenvalue weighted by molar-refractivity contribution is -0.134. The highest BCUT2D eigenvalue weighted by Gasteiger charge is 2.31. The SMILES string of the molecule is CC1CC(C)CN(C(=O)Cn2cc(N3CCCS3=O)n3c(=O)c(O)c(C(=O)NCc4ccc(Cl)c(Cl)c4)nc23)C1. The van der Waals surface area contributed by atoms with Crippen molar-refractivity contribution in [1.82, 2.24) is 24.2 Å². The zero-order valence-corrected chi connectivity index (χ0v) is 24.4. The van der Waals surface area contributed by atoms with E-state index < -0.39 is 33.9 Å². The van der Waals surface area contributed by atoms with Crippen molar-refractivity contribution in [3.63, 3.8) is 0 Å². The molecule has 40 heavy (non-hydrogen) atoms. The van der Waals surface area contributed by atoms with E-state index in [-0.39, 0.29) is 30.6 Å². The second-order valence-corrected chi connectivity index (χ2v) is 12.8. The third-order valence-corrected chi connectivity index (χ3v) is 9.40. The maximum Gasteiger partial charge on any atom is 0.303 e. The number of anilines is 1. The number of likely N-dealkylation sites (tertiary alicyclic amines) is 1. The summed E-state index contributed by atoms with van der Waals surface area (Å²) in [7, 11) is -1.38. The van der Waals surface area contributed by atoms with Crippen LogP contribution in [-0.2, 0) is 28.9 Å². The lowest BCUT2D eigenvalue weighted by Gasteiger charge is -2.35. The molecule has 4 heterocycles. The Morgan fingerprint density at radius 3 is 2.55 bits per heavy atom. The van der Waals surface area contributed by atoms with Gasteiger partial charge in [0.25, 0.3) is 5.91 Å². The molecule has 14 heteroatoms. The van der Waals surface area contributed by atoms with E-state index >= 15 is 0 Å². The minimum Gasteiger partial charge on any atom is -0.501 e. The number of halogens is 2. The first-order valence-electron chi connectivity index (χ1n) is 13.0. The maximum atomic E-state index is 13.4. The quantitative estimate of drug-likeness (QED) is 0.443. The lowest BCUT2D eigenvalue weighted by atomic mass is 9.92. The highest BCUT2D eigenvalue weighted by atomic mass is 35.5. The van der Waals surface area contributed by atoms with Crippen molar-refractivity contribution in [3.05, 3.63) is 56.1 Å². The Labute approximate surface area is 243 Å². The number of hydrogen-bond donors (Lipinski definition) is 2. The smallest absolute Gasteiger partial charge is 0.303 e. The van der Waals surface area contributed by atoms with Gasteiger partial charge in [-0.05, 0) is 42.4 Å². The monoisotopic (exact) mass is 608 g/mol. The topological polar surface area (TPSA) is 129 Å². The number of nitrogens with one attached hydrogen (secondary N) is 1. The summed E-state index contributed by atoms with van der Waals surface area (Å²) in [6.45, 7) is 5.80. The third-order valence-electron chi connectivity index (χ3n) is 7.16. The molecule has 214 valence electrons. The molecular weight excluding hydrogens is 579 g/mol. The summed E-state index contributed by atoms with van der Waals surface area (Å²) < 4.78 is 16.8. The summed E-state index contributed by atoms with van der Waals surface area (Å²) in [5, 5.41) is 14.1.